The lowest BCUT2D eigenvalue weighted by Crippen LogP contribution is -2.48. The van der Waals surface area contributed by atoms with Gasteiger partial charge in [-0.25, -0.2) is 9.37 Å². The molecule has 24 heavy (non-hydrogen) atoms. The predicted octanol–water partition coefficient (Wildman–Crippen LogP) is 2.19. The first-order chi connectivity index (χ1) is 11.7. The molecule has 1 aliphatic heterocycles. The van der Waals surface area contributed by atoms with E-state index in [9.17, 15) is 9.18 Å². The first-order valence-electron chi connectivity index (χ1n) is 7.93. The van der Waals surface area contributed by atoms with Crippen LogP contribution in [0.1, 0.15) is 15.9 Å². The molecule has 2 heterocycles. The molecule has 5 nitrogen and oxygen atoms in total. The zero-order valence-corrected chi connectivity index (χ0v) is 13.6. The maximum Gasteiger partial charge on any atom is 0.259 e. The number of ether oxygens (including phenoxy) is 1. The number of hydrogen-bond acceptors (Lipinski definition) is 4. The van der Waals surface area contributed by atoms with E-state index in [2.05, 4.69) is 9.88 Å². The van der Waals surface area contributed by atoms with Crippen molar-refractivity contribution in [3.05, 3.63) is 59.5 Å². The second kappa shape index (κ2) is 7.40. The van der Waals surface area contributed by atoms with Crippen LogP contribution >= 0.6 is 0 Å². The molecule has 6 heteroatoms. The van der Waals surface area contributed by atoms with Crippen molar-refractivity contribution in [1.29, 1.82) is 0 Å². The molecule has 0 aliphatic carbocycles. The Labute approximate surface area is 140 Å². The van der Waals surface area contributed by atoms with Gasteiger partial charge in [-0.2, -0.15) is 0 Å². The van der Waals surface area contributed by atoms with Gasteiger partial charge in [-0.3, -0.25) is 9.69 Å². The minimum atomic E-state index is -0.184. The standard InChI is InChI=1S/C18H20FN3O2/c1-24-17-15(6-4-8-20-17)18(23)22-11-9-21(10-12-22)13-14-5-2-3-7-16(14)19/h2-8H,9-13H2,1H3. The van der Waals surface area contributed by atoms with Crippen LogP contribution in [0.25, 0.3) is 0 Å². The maximum atomic E-state index is 13.7. The Kier molecular flexibility index (Phi) is 5.05. The molecule has 0 atom stereocenters. The van der Waals surface area contributed by atoms with Crippen LogP contribution in [0.5, 0.6) is 5.88 Å². The molecule has 0 spiro atoms. The second-order valence-corrected chi connectivity index (χ2v) is 5.72. The van der Waals surface area contributed by atoms with Crippen molar-refractivity contribution in [2.24, 2.45) is 0 Å². The van der Waals surface area contributed by atoms with Gasteiger partial charge < -0.3 is 9.64 Å². The molecule has 0 unspecified atom stereocenters. The van der Waals surface area contributed by atoms with Crippen LogP contribution in [0.2, 0.25) is 0 Å². The van der Waals surface area contributed by atoms with Crippen LogP contribution in [0.15, 0.2) is 42.6 Å². The van der Waals surface area contributed by atoms with Gasteiger partial charge in [0.05, 0.1) is 7.11 Å². The van der Waals surface area contributed by atoms with Gasteiger partial charge in [-0.1, -0.05) is 18.2 Å². The van der Waals surface area contributed by atoms with Gasteiger partial charge in [0.1, 0.15) is 11.4 Å². The van der Waals surface area contributed by atoms with E-state index < -0.39 is 0 Å². The Bertz CT molecular complexity index is 715. The third-order valence-electron chi connectivity index (χ3n) is 4.21. The molecule has 1 fully saturated rings. The summed E-state index contributed by atoms with van der Waals surface area (Å²) in [5, 5.41) is 0. The van der Waals surface area contributed by atoms with E-state index in [0.29, 0.717) is 49.7 Å². The molecule has 1 aromatic heterocycles. The lowest BCUT2D eigenvalue weighted by atomic mass is 10.1. The number of piperazine rings is 1. The molecule has 1 aliphatic rings. The average molecular weight is 329 g/mol. The summed E-state index contributed by atoms with van der Waals surface area (Å²) < 4.78 is 18.9. The Balaban J connectivity index is 1.61. The molecule has 0 radical (unpaired) electrons. The van der Waals surface area contributed by atoms with E-state index in [1.165, 1.54) is 13.2 Å². The number of amides is 1. The van der Waals surface area contributed by atoms with Crippen molar-refractivity contribution < 1.29 is 13.9 Å². The number of nitrogens with zero attached hydrogens (tertiary/aromatic N) is 3. The van der Waals surface area contributed by atoms with Crippen LogP contribution in [0.4, 0.5) is 4.39 Å². The van der Waals surface area contributed by atoms with Crippen molar-refractivity contribution in [2.45, 2.75) is 6.54 Å². The number of pyridine rings is 1. The topological polar surface area (TPSA) is 45.7 Å². The van der Waals surface area contributed by atoms with Gasteiger partial charge in [-0.05, 0) is 18.2 Å². The van der Waals surface area contributed by atoms with E-state index >= 15 is 0 Å². The van der Waals surface area contributed by atoms with E-state index in [0.717, 1.165) is 0 Å². The number of carbonyl (C=O) groups excluding carboxylic acids is 1. The number of benzene rings is 1. The number of rotatable bonds is 4. The fraction of sp³-hybridized carbons (Fsp3) is 0.333. The first kappa shape index (κ1) is 16.4. The molecule has 126 valence electrons. The quantitative estimate of drug-likeness (QED) is 0.863. The highest BCUT2D eigenvalue weighted by Crippen LogP contribution is 2.18. The minimum absolute atomic E-state index is 0.0782. The summed E-state index contributed by atoms with van der Waals surface area (Å²) in [6, 6.07) is 10.3. The van der Waals surface area contributed by atoms with Crippen LogP contribution in [0, 0.1) is 5.82 Å². The number of aromatic nitrogens is 1. The Hall–Kier alpha value is -2.47. The van der Waals surface area contributed by atoms with Crippen LogP contribution in [0.3, 0.4) is 0 Å². The minimum Gasteiger partial charge on any atom is -0.480 e. The number of carbonyl (C=O) groups is 1. The van der Waals surface area contributed by atoms with Crippen molar-refractivity contribution in [2.75, 3.05) is 33.3 Å². The van der Waals surface area contributed by atoms with E-state index in [1.54, 1.807) is 35.4 Å². The van der Waals surface area contributed by atoms with Gasteiger partial charge in [0.15, 0.2) is 0 Å². The third kappa shape index (κ3) is 3.54. The maximum absolute atomic E-state index is 13.7. The molecule has 3 rings (SSSR count). The molecule has 0 bridgehead atoms. The molecule has 0 N–H and O–H groups in total. The van der Waals surface area contributed by atoms with Gasteiger partial charge in [0.25, 0.3) is 5.91 Å². The Morgan fingerprint density at radius 3 is 2.62 bits per heavy atom. The van der Waals surface area contributed by atoms with Crippen molar-refractivity contribution in [3.8, 4) is 5.88 Å². The smallest absolute Gasteiger partial charge is 0.259 e. The normalized spacial score (nSPS) is 15.3. The lowest BCUT2D eigenvalue weighted by molar-refractivity contribution is 0.0623. The predicted molar refractivity (Wildman–Crippen MR) is 88.4 cm³/mol. The fourth-order valence-electron chi connectivity index (χ4n) is 2.86. The van der Waals surface area contributed by atoms with Crippen LogP contribution in [-0.2, 0) is 6.54 Å². The van der Waals surface area contributed by atoms with Crippen LogP contribution < -0.4 is 4.74 Å². The van der Waals surface area contributed by atoms with Gasteiger partial charge in [0, 0.05) is 44.5 Å². The summed E-state index contributed by atoms with van der Waals surface area (Å²) in [6.45, 7) is 3.19. The molecular formula is C18H20FN3O2. The summed E-state index contributed by atoms with van der Waals surface area (Å²) in [5.41, 5.74) is 1.16. The molecule has 1 amide bonds. The zero-order valence-electron chi connectivity index (χ0n) is 13.6. The first-order valence-corrected chi connectivity index (χ1v) is 7.93. The van der Waals surface area contributed by atoms with Gasteiger partial charge in [0.2, 0.25) is 5.88 Å². The van der Waals surface area contributed by atoms with Crippen LogP contribution in [-0.4, -0.2) is 54.0 Å². The summed E-state index contributed by atoms with van der Waals surface area (Å²) in [5.74, 6) is 0.0814. The van der Waals surface area contributed by atoms with E-state index in [4.69, 9.17) is 4.74 Å². The SMILES string of the molecule is COc1ncccc1C(=O)N1CCN(Cc2ccccc2F)CC1. The lowest BCUT2D eigenvalue weighted by Gasteiger charge is -2.34. The highest BCUT2D eigenvalue weighted by Gasteiger charge is 2.24. The van der Waals surface area contributed by atoms with Crippen molar-refractivity contribution in [1.82, 2.24) is 14.8 Å². The molecule has 2 aromatic rings. The summed E-state index contributed by atoms with van der Waals surface area (Å²) in [7, 11) is 1.51. The van der Waals surface area contributed by atoms with Gasteiger partial charge >= 0.3 is 0 Å². The second-order valence-electron chi connectivity index (χ2n) is 5.72. The van der Waals surface area contributed by atoms with Crippen molar-refractivity contribution in [3.63, 3.8) is 0 Å². The summed E-state index contributed by atoms with van der Waals surface area (Å²) in [6.07, 6.45) is 1.60. The largest absolute Gasteiger partial charge is 0.480 e. The van der Waals surface area contributed by atoms with Crippen molar-refractivity contribution >= 4 is 5.91 Å². The number of halogens is 1. The molecule has 1 aromatic carbocycles. The van der Waals surface area contributed by atoms with Gasteiger partial charge in [-0.15, -0.1) is 0 Å². The number of methoxy groups -OCH3 is 1. The monoisotopic (exact) mass is 329 g/mol. The average Bonchev–Trinajstić information content (AvgIpc) is 2.63. The summed E-state index contributed by atoms with van der Waals surface area (Å²) >= 11 is 0. The highest BCUT2D eigenvalue weighted by molar-refractivity contribution is 5.96. The van der Waals surface area contributed by atoms with E-state index in [-0.39, 0.29) is 11.7 Å². The zero-order chi connectivity index (χ0) is 16.9. The third-order valence-corrected chi connectivity index (χ3v) is 4.21. The molecular weight excluding hydrogens is 309 g/mol. The van der Waals surface area contributed by atoms with E-state index in [1.807, 2.05) is 6.07 Å². The Morgan fingerprint density at radius 1 is 1.17 bits per heavy atom. The Morgan fingerprint density at radius 2 is 1.92 bits per heavy atom. The fourth-order valence-corrected chi connectivity index (χ4v) is 2.86. The molecule has 1 saturated heterocycles. The highest BCUT2D eigenvalue weighted by atomic mass is 19.1. The molecule has 0 saturated carbocycles. The number of hydrogen-bond donors (Lipinski definition) is 0. The summed E-state index contributed by atoms with van der Waals surface area (Å²) in [4.78, 5) is 20.6.